The molecule has 172 valence electrons. The number of benzene rings is 2. The van der Waals surface area contributed by atoms with Crippen LogP contribution in [0, 0.1) is 0 Å². The number of likely N-dealkylation sites (N-methyl/N-ethyl adjacent to an activating group) is 1. The molecule has 32 heavy (non-hydrogen) atoms. The van der Waals surface area contributed by atoms with E-state index in [0.717, 1.165) is 21.9 Å². The highest BCUT2D eigenvalue weighted by Gasteiger charge is 2.37. The molecule has 1 aliphatic heterocycles. The zero-order valence-corrected chi connectivity index (χ0v) is 18.9. The van der Waals surface area contributed by atoms with E-state index in [1.54, 1.807) is 18.1 Å². The number of amides is 1. The number of aliphatic hydroxyl groups is 1. The molecule has 1 heterocycles. The monoisotopic (exact) mass is 482 g/mol. The van der Waals surface area contributed by atoms with Gasteiger partial charge in [0.1, 0.15) is 11.9 Å². The van der Waals surface area contributed by atoms with Crippen molar-refractivity contribution in [1.29, 1.82) is 0 Å². The number of rotatable bonds is 5. The van der Waals surface area contributed by atoms with Gasteiger partial charge in [-0.2, -0.15) is 0 Å². The first kappa shape index (κ1) is 25.5. The minimum atomic E-state index is -1.82. The van der Waals surface area contributed by atoms with Crippen LogP contribution in [-0.2, 0) is 14.4 Å². The van der Waals surface area contributed by atoms with Gasteiger partial charge in [-0.15, -0.1) is 11.8 Å². The van der Waals surface area contributed by atoms with E-state index in [9.17, 15) is 9.90 Å². The summed E-state index contributed by atoms with van der Waals surface area (Å²) >= 11 is 7.63. The average Bonchev–Trinajstić information content (AvgIpc) is 2.87. The summed E-state index contributed by atoms with van der Waals surface area (Å²) in [6.45, 7) is 1.09. The second-order valence-corrected chi connectivity index (χ2v) is 8.19. The Kier molecular flexibility index (Phi) is 9.33. The molecular formula is C21H23ClN2O7S. The van der Waals surface area contributed by atoms with Gasteiger partial charge in [0.2, 0.25) is 0 Å². The Morgan fingerprint density at radius 1 is 1.16 bits per heavy atom. The Hall–Kier alpha value is -2.79. The number of hydrogen-bond donors (Lipinski definition) is 4. The zero-order valence-electron chi connectivity index (χ0n) is 17.3. The van der Waals surface area contributed by atoms with Gasteiger partial charge in [0.25, 0.3) is 5.91 Å². The molecule has 1 aliphatic rings. The van der Waals surface area contributed by atoms with Gasteiger partial charge in [-0.3, -0.25) is 4.79 Å². The predicted molar refractivity (Wildman–Crippen MR) is 121 cm³/mol. The van der Waals surface area contributed by atoms with Crippen molar-refractivity contribution in [2.45, 2.75) is 16.2 Å². The Morgan fingerprint density at radius 3 is 2.31 bits per heavy atom. The van der Waals surface area contributed by atoms with E-state index in [1.807, 2.05) is 43.4 Å². The van der Waals surface area contributed by atoms with Crippen molar-refractivity contribution < 1.29 is 34.4 Å². The number of nitrogens with one attached hydrogen (secondary N) is 1. The van der Waals surface area contributed by atoms with E-state index in [1.165, 1.54) is 11.8 Å². The summed E-state index contributed by atoms with van der Waals surface area (Å²) in [5, 5.41) is 28.8. The van der Waals surface area contributed by atoms with Crippen LogP contribution < -0.4 is 15.0 Å². The highest BCUT2D eigenvalue weighted by molar-refractivity contribution is 7.99. The van der Waals surface area contributed by atoms with E-state index < -0.39 is 23.3 Å². The lowest BCUT2D eigenvalue weighted by Gasteiger charge is -2.25. The number of aliphatic carboxylic acids is 2. The molecule has 0 saturated heterocycles. The number of fused-ring (bicyclic) bond motifs is 1. The summed E-state index contributed by atoms with van der Waals surface area (Å²) in [4.78, 5) is 33.7. The van der Waals surface area contributed by atoms with Gasteiger partial charge in [0.05, 0.1) is 18.0 Å². The first-order chi connectivity index (χ1) is 15.2. The molecule has 0 fully saturated rings. The molecule has 4 N–H and O–H groups in total. The van der Waals surface area contributed by atoms with Gasteiger partial charge in [0, 0.05) is 23.0 Å². The average molecular weight is 483 g/mol. The van der Waals surface area contributed by atoms with E-state index in [2.05, 4.69) is 5.32 Å². The number of methoxy groups -OCH3 is 1. The number of carboxylic acid groups (broad SMARTS) is 2. The predicted octanol–water partition coefficient (Wildman–Crippen LogP) is 2.26. The van der Waals surface area contributed by atoms with Crippen LogP contribution >= 0.6 is 23.4 Å². The fourth-order valence-corrected chi connectivity index (χ4v) is 4.46. The Labute approximate surface area is 193 Å². The number of carboxylic acids is 2. The molecule has 0 bridgehead atoms. The summed E-state index contributed by atoms with van der Waals surface area (Å²) in [6.07, 6.45) is -1.16. The lowest BCUT2D eigenvalue weighted by Crippen LogP contribution is -2.43. The molecule has 0 aliphatic carbocycles. The second-order valence-electron chi connectivity index (χ2n) is 6.57. The maximum atomic E-state index is 13.0. The molecule has 11 heteroatoms. The molecular weight excluding hydrogens is 460 g/mol. The van der Waals surface area contributed by atoms with Crippen molar-refractivity contribution in [3.05, 3.63) is 53.1 Å². The molecule has 0 saturated carbocycles. The van der Waals surface area contributed by atoms with Crippen LogP contribution in [-0.4, -0.2) is 66.5 Å². The van der Waals surface area contributed by atoms with E-state index >= 15 is 0 Å². The highest BCUT2D eigenvalue weighted by atomic mass is 35.5. The topological polar surface area (TPSA) is 136 Å². The molecule has 0 radical (unpaired) electrons. The fourth-order valence-electron chi connectivity index (χ4n) is 2.91. The van der Waals surface area contributed by atoms with Crippen LogP contribution in [0.15, 0.2) is 47.4 Å². The van der Waals surface area contributed by atoms with Crippen LogP contribution in [0.2, 0.25) is 5.02 Å². The first-order valence-electron chi connectivity index (χ1n) is 9.40. The second kappa shape index (κ2) is 11.7. The van der Waals surface area contributed by atoms with Gasteiger partial charge < -0.3 is 30.3 Å². The Morgan fingerprint density at radius 2 is 1.78 bits per heavy atom. The number of thioether (sulfide) groups is 1. The molecule has 2 aromatic carbocycles. The van der Waals surface area contributed by atoms with Gasteiger partial charge in [-0.05, 0) is 42.9 Å². The summed E-state index contributed by atoms with van der Waals surface area (Å²) in [5.41, 5.74) is 1.63. The minimum Gasteiger partial charge on any atom is -0.497 e. The lowest BCUT2D eigenvalue weighted by molar-refractivity contribution is -0.159. The number of carbonyl (C=O) groups is 3. The molecule has 2 unspecified atom stereocenters. The van der Waals surface area contributed by atoms with Crippen molar-refractivity contribution in [3.63, 3.8) is 0 Å². The van der Waals surface area contributed by atoms with Crippen LogP contribution in [0.1, 0.15) is 10.8 Å². The summed E-state index contributed by atoms with van der Waals surface area (Å²) in [7, 11) is 3.43. The summed E-state index contributed by atoms with van der Waals surface area (Å²) in [5.74, 6) is -3.23. The van der Waals surface area contributed by atoms with Gasteiger partial charge in [-0.25, -0.2) is 9.59 Å². The van der Waals surface area contributed by atoms with Gasteiger partial charge in [0.15, 0.2) is 0 Å². The molecule has 0 spiro atoms. The first-order valence-corrected chi connectivity index (χ1v) is 10.7. The number of anilines is 1. The van der Waals surface area contributed by atoms with Crippen molar-refractivity contribution in [1.82, 2.24) is 5.32 Å². The van der Waals surface area contributed by atoms with Crippen molar-refractivity contribution in [2.24, 2.45) is 0 Å². The normalized spacial score (nSPS) is 17.5. The molecule has 0 aromatic heterocycles. The van der Waals surface area contributed by atoms with E-state index in [4.69, 9.17) is 36.1 Å². The van der Waals surface area contributed by atoms with Crippen molar-refractivity contribution in [3.8, 4) is 5.75 Å². The van der Waals surface area contributed by atoms with Crippen LogP contribution in [0.4, 0.5) is 5.69 Å². The maximum absolute atomic E-state index is 13.0. The quantitative estimate of drug-likeness (QED) is 0.473. The summed E-state index contributed by atoms with van der Waals surface area (Å²) < 4.78 is 5.19. The molecule has 1 amide bonds. The molecule has 9 nitrogen and oxygen atoms in total. The van der Waals surface area contributed by atoms with Gasteiger partial charge in [-0.1, -0.05) is 23.7 Å². The van der Waals surface area contributed by atoms with Crippen LogP contribution in [0.25, 0.3) is 0 Å². The third-order valence-corrected chi connectivity index (χ3v) is 6.09. The van der Waals surface area contributed by atoms with E-state index in [-0.39, 0.29) is 5.91 Å². The minimum absolute atomic E-state index is 0.311. The van der Waals surface area contributed by atoms with Crippen LogP contribution in [0.3, 0.4) is 0 Å². The maximum Gasteiger partial charge on any atom is 0.414 e. The van der Waals surface area contributed by atoms with Crippen molar-refractivity contribution >= 4 is 46.9 Å². The standard InChI is InChI=1S/C19H21ClN2O3S.C2H2O4/c1-21-9-10-22-15-8-5-13(20)11-16(15)26-18(17(23)19(22)24)12-3-6-14(25-2)7-4-12;3-1(4)2(5)6/h3-8,11,17-18,21,23H,9-10H2,1-2H3;(H,3,4)(H,5,6). The SMILES string of the molecule is CNCCN1C(=O)C(O)C(c2ccc(OC)cc2)Sc2cc(Cl)ccc21.O=C(O)C(=O)O. The Balaban J connectivity index is 0.000000534. The third kappa shape index (κ3) is 6.36. The largest absolute Gasteiger partial charge is 0.497 e. The number of aliphatic hydroxyl groups excluding tert-OH is 1. The van der Waals surface area contributed by atoms with E-state index in [0.29, 0.717) is 18.1 Å². The fraction of sp³-hybridized carbons (Fsp3) is 0.286. The number of hydrogen-bond acceptors (Lipinski definition) is 7. The smallest absolute Gasteiger partial charge is 0.414 e. The van der Waals surface area contributed by atoms with Crippen LogP contribution in [0.5, 0.6) is 5.75 Å². The highest BCUT2D eigenvalue weighted by Crippen LogP contribution is 2.46. The zero-order chi connectivity index (χ0) is 23.8. The molecule has 2 aromatic rings. The number of nitrogens with zero attached hydrogens (tertiary/aromatic N) is 1. The Bertz CT molecular complexity index is 959. The third-order valence-electron chi connectivity index (χ3n) is 4.49. The lowest BCUT2D eigenvalue weighted by atomic mass is 10.1. The molecule has 3 rings (SSSR count). The van der Waals surface area contributed by atoms with Gasteiger partial charge >= 0.3 is 11.9 Å². The number of halogens is 1. The number of ether oxygens (including phenoxy) is 1. The summed E-state index contributed by atoms with van der Waals surface area (Å²) in [6, 6.07) is 12.9. The van der Waals surface area contributed by atoms with Crippen molar-refractivity contribution in [2.75, 3.05) is 32.1 Å². The molecule has 2 atom stereocenters. The number of carbonyl (C=O) groups excluding carboxylic acids is 1.